The van der Waals surface area contributed by atoms with Gasteiger partial charge in [0.15, 0.2) is 0 Å². The molecule has 1 N–H and O–H groups in total. The Hall–Kier alpha value is -1.22. The summed E-state index contributed by atoms with van der Waals surface area (Å²) >= 11 is 0. The molecule has 0 aliphatic carbocycles. The van der Waals surface area contributed by atoms with Gasteiger partial charge in [0.05, 0.1) is 6.61 Å². The van der Waals surface area contributed by atoms with Gasteiger partial charge in [0.1, 0.15) is 5.75 Å². The number of benzene rings is 1. The molecule has 3 heteroatoms. The van der Waals surface area contributed by atoms with Crippen LogP contribution in [-0.2, 0) is 6.42 Å². The van der Waals surface area contributed by atoms with Crippen LogP contribution in [0.15, 0.2) is 18.2 Å². The minimum atomic E-state index is 0.643. The number of hydrogen-bond donors (Lipinski definition) is 1. The van der Waals surface area contributed by atoms with Crippen molar-refractivity contribution >= 4 is 5.69 Å². The lowest BCUT2D eigenvalue weighted by atomic mass is 10.1. The number of nitrogens with one attached hydrogen (secondary N) is 1. The Morgan fingerprint density at radius 2 is 2.41 bits per heavy atom. The van der Waals surface area contributed by atoms with E-state index in [2.05, 4.69) is 28.4 Å². The van der Waals surface area contributed by atoms with Crippen LogP contribution in [0.5, 0.6) is 5.75 Å². The van der Waals surface area contributed by atoms with Gasteiger partial charge in [0, 0.05) is 30.9 Å². The molecule has 0 amide bonds. The Labute approximate surface area is 103 Å². The molecule has 0 saturated carbocycles. The highest BCUT2D eigenvalue weighted by atomic mass is 16.5. The van der Waals surface area contributed by atoms with Crippen LogP contribution in [0, 0.1) is 0 Å². The van der Waals surface area contributed by atoms with E-state index in [4.69, 9.17) is 4.74 Å². The summed E-state index contributed by atoms with van der Waals surface area (Å²) in [6.45, 7) is 6.20. The highest BCUT2D eigenvalue weighted by Gasteiger charge is 2.30. The summed E-state index contributed by atoms with van der Waals surface area (Å²) in [6, 6.07) is 7.19. The van der Waals surface area contributed by atoms with Crippen LogP contribution in [0.2, 0.25) is 0 Å². The molecular formula is C14H20N2O. The summed E-state index contributed by atoms with van der Waals surface area (Å²) in [4.78, 5) is 2.55. The number of hydrogen-bond acceptors (Lipinski definition) is 3. The van der Waals surface area contributed by atoms with Gasteiger partial charge in [-0.3, -0.25) is 0 Å². The molecule has 2 aliphatic heterocycles. The molecule has 1 saturated heterocycles. The minimum absolute atomic E-state index is 0.643. The first-order valence-corrected chi connectivity index (χ1v) is 6.61. The summed E-state index contributed by atoms with van der Waals surface area (Å²) in [5.41, 5.74) is 2.87. The maximum Gasteiger partial charge on any atom is 0.121 e. The third-order valence-corrected chi connectivity index (χ3v) is 3.71. The number of ether oxygens (including phenoxy) is 1. The quantitative estimate of drug-likeness (QED) is 0.841. The zero-order chi connectivity index (χ0) is 11.7. The van der Waals surface area contributed by atoms with E-state index in [9.17, 15) is 0 Å². The molecule has 2 aliphatic rings. The maximum atomic E-state index is 5.60. The van der Waals surface area contributed by atoms with E-state index in [-0.39, 0.29) is 0 Å². The molecule has 0 aromatic heterocycles. The molecule has 0 bridgehead atoms. The van der Waals surface area contributed by atoms with Crippen molar-refractivity contribution in [2.45, 2.75) is 25.8 Å². The van der Waals surface area contributed by atoms with Crippen LogP contribution < -0.4 is 15.0 Å². The highest BCUT2D eigenvalue weighted by molar-refractivity contribution is 5.62. The molecule has 0 spiro atoms. The van der Waals surface area contributed by atoms with Gasteiger partial charge in [-0.25, -0.2) is 0 Å². The van der Waals surface area contributed by atoms with Crippen LogP contribution in [0.4, 0.5) is 5.69 Å². The van der Waals surface area contributed by atoms with Crippen LogP contribution in [0.1, 0.15) is 18.9 Å². The Morgan fingerprint density at radius 1 is 1.47 bits per heavy atom. The predicted molar refractivity (Wildman–Crippen MR) is 69.9 cm³/mol. The molecule has 3 rings (SSSR count). The number of rotatable bonds is 2. The van der Waals surface area contributed by atoms with Gasteiger partial charge < -0.3 is 15.0 Å². The van der Waals surface area contributed by atoms with Crippen LogP contribution in [-0.4, -0.2) is 32.3 Å². The largest absolute Gasteiger partial charge is 0.494 e. The second-order valence-corrected chi connectivity index (χ2v) is 4.83. The first kappa shape index (κ1) is 10.9. The standard InChI is InChI=1S/C14H20N2O/c1-2-17-13-5-4-11-8-12-10-15-6-3-7-16(12)14(11)9-13/h4-5,9,12,15H,2-3,6-8,10H2,1H3. The maximum absolute atomic E-state index is 5.60. The van der Waals surface area contributed by atoms with Crippen molar-refractivity contribution in [2.75, 3.05) is 31.1 Å². The van der Waals surface area contributed by atoms with E-state index in [0.29, 0.717) is 6.04 Å². The van der Waals surface area contributed by atoms with E-state index in [1.165, 1.54) is 30.6 Å². The van der Waals surface area contributed by atoms with E-state index in [1.807, 2.05) is 6.92 Å². The topological polar surface area (TPSA) is 24.5 Å². The molecule has 92 valence electrons. The van der Waals surface area contributed by atoms with E-state index >= 15 is 0 Å². The zero-order valence-corrected chi connectivity index (χ0v) is 10.4. The predicted octanol–water partition coefficient (Wildman–Crippen LogP) is 1.81. The smallest absolute Gasteiger partial charge is 0.121 e. The molecule has 2 heterocycles. The number of nitrogens with zero attached hydrogens (tertiary/aromatic N) is 1. The highest BCUT2D eigenvalue weighted by Crippen LogP contribution is 2.35. The Morgan fingerprint density at radius 3 is 3.29 bits per heavy atom. The second kappa shape index (κ2) is 4.57. The van der Waals surface area contributed by atoms with Crippen LogP contribution in [0.25, 0.3) is 0 Å². The summed E-state index contributed by atoms with van der Waals surface area (Å²) in [7, 11) is 0. The Kier molecular flexibility index (Phi) is 2.93. The summed E-state index contributed by atoms with van der Waals surface area (Å²) in [5, 5.41) is 3.52. The molecule has 1 aromatic rings. The lowest BCUT2D eigenvalue weighted by molar-refractivity contribution is 0.340. The summed E-state index contributed by atoms with van der Waals surface area (Å²) < 4.78 is 5.60. The normalized spacial score (nSPS) is 22.9. The van der Waals surface area contributed by atoms with Crippen LogP contribution in [0.3, 0.4) is 0 Å². The lowest BCUT2D eigenvalue weighted by Crippen LogP contribution is -2.36. The molecule has 1 unspecified atom stereocenters. The van der Waals surface area contributed by atoms with Gasteiger partial charge >= 0.3 is 0 Å². The third kappa shape index (κ3) is 2.00. The van der Waals surface area contributed by atoms with Crippen molar-refractivity contribution in [3.63, 3.8) is 0 Å². The second-order valence-electron chi connectivity index (χ2n) is 4.83. The summed E-state index contributed by atoms with van der Waals surface area (Å²) in [6.07, 6.45) is 2.41. The van der Waals surface area contributed by atoms with Gasteiger partial charge in [0.2, 0.25) is 0 Å². The van der Waals surface area contributed by atoms with Crippen molar-refractivity contribution in [3.8, 4) is 5.75 Å². The van der Waals surface area contributed by atoms with E-state index < -0.39 is 0 Å². The van der Waals surface area contributed by atoms with Crippen molar-refractivity contribution < 1.29 is 4.74 Å². The van der Waals surface area contributed by atoms with Gasteiger partial charge in [-0.15, -0.1) is 0 Å². The van der Waals surface area contributed by atoms with Crippen molar-refractivity contribution in [2.24, 2.45) is 0 Å². The fourth-order valence-electron chi connectivity index (χ4n) is 2.93. The number of fused-ring (bicyclic) bond motifs is 3. The Bertz CT molecular complexity index is 405. The Balaban J connectivity index is 1.89. The number of anilines is 1. The monoisotopic (exact) mass is 232 g/mol. The molecule has 0 radical (unpaired) electrons. The van der Waals surface area contributed by atoms with E-state index in [1.54, 1.807) is 0 Å². The summed E-state index contributed by atoms with van der Waals surface area (Å²) in [5.74, 6) is 1.00. The molecule has 1 aromatic carbocycles. The SMILES string of the molecule is CCOc1ccc2c(c1)N1CCCNCC1C2. The van der Waals surface area contributed by atoms with Gasteiger partial charge in [0.25, 0.3) is 0 Å². The molecular weight excluding hydrogens is 212 g/mol. The van der Waals surface area contributed by atoms with Gasteiger partial charge in [-0.05, 0) is 37.9 Å². The zero-order valence-electron chi connectivity index (χ0n) is 10.4. The lowest BCUT2D eigenvalue weighted by Gasteiger charge is -2.24. The molecule has 17 heavy (non-hydrogen) atoms. The fraction of sp³-hybridized carbons (Fsp3) is 0.571. The molecule has 1 fully saturated rings. The van der Waals surface area contributed by atoms with Gasteiger partial charge in [-0.1, -0.05) is 6.07 Å². The third-order valence-electron chi connectivity index (χ3n) is 3.71. The van der Waals surface area contributed by atoms with Crippen LogP contribution >= 0.6 is 0 Å². The average Bonchev–Trinajstić information content (AvgIpc) is 2.53. The van der Waals surface area contributed by atoms with Crippen molar-refractivity contribution in [1.82, 2.24) is 5.32 Å². The molecule has 1 atom stereocenters. The average molecular weight is 232 g/mol. The fourth-order valence-corrected chi connectivity index (χ4v) is 2.93. The van der Waals surface area contributed by atoms with Gasteiger partial charge in [-0.2, -0.15) is 0 Å². The first-order chi connectivity index (χ1) is 8.38. The molecule has 3 nitrogen and oxygen atoms in total. The van der Waals surface area contributed by atoms with Crippen molar-refractivity contribution in [1.29, 1.82) is 0 Å². The minimum Gasteiger partial charge on any atom is -0.494 e. The van der Waals surface area contributed by atoms with Crippen molar-refractivity contribution in [3.05, 3.63) is 23.8 Å². The van der Waals surface area contributed by atoms with E-state index in [0.717, 1.165) is 25.4 Å². The first-order valence-electron chi connectivity index (χ1n) is 6.61.